The first-order chi connectivity index (χ1) is 8.60. The van der Waals surface area contributed by atoms with Gasteiger partial charge >= 0.3 is 12.1 Å². The molecular weight excluding hydrogens is 267 g/mol. The van der Waals surface area contributed by atoms with Crippen molar-refractivity contribution in [1.29, 1.82) is 0 Å². The molecule has 1 aliphatic rings. The molecule has 0 aliphatic heterocycles. The van der Waals surface area contributed by atoms with Crippen molar-refractivity contribution in [1.82, 2.24) is 9.78 Å². The van der Waals surface area contributed by atoms with Gasteiger partial charge in [-0.15, -0.1) is 0 Å². The number of nitrogens with zero attached hydrogens (tertiary/aromatic N) is 2. The minimum atomic E-state index is -4.74. The predicted molar refractivity (Wildman–Crippen MR) is 59.8 cm³/mol. The molecule has 2 nitrogen and oxygen atoms in total. The molecule has 0 radical (unpaired) electrons. The van der Waals surface area contributed by atoms with Crippen LogP contribution >= 0.6 is 0 Å². The number of fused-ring (bicyclic) bond motifs is 1. The fourth-order valence-electron chi connectivity index (χ4n) is 2.22. The molecule has 1 aromatic heterocycles. The third-order valence-electron chi connectivity index (χ3n) is 3.10. The summed E-state index contributed by atoms with van der Waals surface area (Å²) in [7, 11) is 0. The summed E-state index contributed by atoms with van der Waals surface area (Å²) in [6.07, 6.45) is -3.82. The monoisotopic (exact) mass is 280 g/mol. The van der Waals surface area contributed by atoms with Crippen LogP contribution in [0.4, 0.5) is 22.0 Å². The molecule has 0 N–H and O–H groups in total. The van der Waals surface area contributed by atoms with Crippen LogP contribution in [0.15, 0.2) is 5.57 Å². The molecule has 0 bridgehead atoms. The average Bonchev–Trinajstić information content (AvgIpc) is 2.74. The summed E-state index contributed by atoms with van der Waals surface area (Å²) in [5.74, 6) is -3.38. The topological polar surface area (TPSA) is 17.8 Å². The summed E-state index contributed by atoms with van der Waals surface area (Å²) in [4.78, 5) is 0. The zero-order chi connectivity index (χ0) is 14.6. The first-order valence-corrected chi connectivity index (χ1v) is 5.89. The van der Waals surface area contributed by atoms with Gasteiger partial charge in [0.25, 0.3) is 0 Å². The second kappa shape index (κ2) is 4.05. The van der Waals surface area contributed by atoms with Gasteiger partial charge in [-0.1, -0.05) is 6.92 Å². The van der Waals surface area contributed by atoms with Crippen molar-refractivity contribution < 1.29 is 22.0 Å². The maximum Gasteiger partial charge on any atom is 0.435 e. The highest BCUT2D eigenvalue weighted by atomic mass is 19.4. The van der Waals surface area contributed by atoms with E-state index in [4.69, 9.17) is 0 Å². The molecule has 1 heterocycles. The average molecular weight is 280 g/mol. The third kappa shape index (κ3) is 1.95. The van der Waals surface area contributed by atoms with E-state index in [1.54, 1.807) is 0 Å². The molecule has 106 valence electrons. The fourth-order valence-corrected chi connectivity index (χ4v) is 2.22. The molecule has 2 rings (SSSR count). The van der Waals surface area contributed by atoms with Gasteiger partial charge in [0.2, 0.25) is 0 Å². The van der Waals surface area contributed by atoms with E-state index in [-0.39, 0.29) is 12.0 Å². The van der Waals surface area contributed by atoms with E-state index in [1.165, 1.54) is 20.8 Å². The number of rotatable bonds is 2. The Hall–Kier alpha value is -1.40. The van der Waals surface area contributed by atoms with Crippen molar-refractivity contribution in [3.63, 3.8) is 0 Å². The van der Waals surface area contributed by atoms with Crippen molar-refractivity contribution in [3.05, 3.63) is 22.5 Å². The Labute approximate surface area is 106 Å². The van der Waals surface area contributed by atoms with Crippen LogP contribution in [0.25, 0.3) is 6.08 Å². The van der Waals surface area contributed by atoms with E-state index < -0.39 is 35.1 Å². The smallest absolute Gasteiger partial charge is 0.259 e. The van der Waals surface area contributed by atoms with Crippen molar-refractivity contribution in [3.8, 4) is 0 Å². The van der Waals surface area contributed by atoms with E-state index in [0.717, 1.165) is 10.8 Å². The van der Waals surface area contributed by atoms with Gasteiger partial charge in [0, 0.05) is 17.2 Å². The Morgan fingerprint density at radius 3 is 2.32 bits per heavy atom. The second-order valence-electron chi connectivity index (χ2n) is 4.74. The summed E-state index contributed by atoms with van der Waals surface area (Å²) >= 11 is 0. The zero-order valence-electron chi connectivity index (χ0n) is 10.6. The number of hydrogen-bond acceptors (Lipinski definition) is 1. The van der Waals surface area contributed by atoms with Gasteiger partial charge in [-0.05, 0) is 26.3 Å². The van der Waals surface area contributed by atoms with E-state index in [2.05, 4.69) is 5.10 Å². The Morgan fingerprint density at radius 1 is 1.32 bits per heavy atom. The van der Waals surface area contributed by atoms with Gasteiger partial charge in [0.05, 0.1) is 0 Å². The fraction of sp³-hybridized carbons (Fsp3) is 0.583. The second-order valence-corrected chi connectivity index (χ2v) is 4.74. The molecule has 1 aliphatic carbocycles. The molecule has 7 heteroatoms. The lowest BCUT2D eigenvalue weighted by atomic mass is 10.1. The van der Waals surface area contributed by atoms with Crippen LogP contribution in [-0.2, 0) is 12.1 Å². The van der Waals surface area contributed by atoms with E-state index in [0.29, 0.717) is 0 Å². The standard InChI is InChI=1S/C12H13F5N2/c1-4-7-5-8-9(12(15,16)17)18-19(6(2)3)10(8)11(7,13)14/h5-6H,4H2,1-3H3. The quantitative estimate of drug-likeness (QED) is 0.735. The summed E-state index contributed by atoms with van der Waals surface area (Å²) in [6, 6.07) is -0.569. The molecular formula is C12H13F5N2. The number of alkyl halides is 5. The van der Waals surface area contributed by atoms with Crippen LogP contribution in [-0.4, -0.2) is 9.78 Å². The molecule has 0 fully saturated rings. The van der Waals surface area contributed by atoms with Crippen molar-refractivity contribution in [2.45, 2.75) is 45.3 Å². The summed E-state index contributed by atoms with van der Waals surface area (Å²) < 4.78 is 67.6. The van der Waals surface area contributed by atoms with Gasteiger partial charge in [0.15, 0.2) is 5.69 Å². The summed E-state index contributed by atoms with van der Waals surface area (Å²) in [6.45, 7) is 4.53. The Morgan fingerprint density at radius 2 is 1.89 bits per heavy atom. The van der Waals surface area contributed by atoms with Gasteiger partial charge < -0.3 is 0 Å². The number of halogens is 5. The van der Waals surface area contributed by atoms with Crippen LogP contribution in [0.3, 0.4) is 0 Å². The normalized spacial score (nSPS) is 17.8. The SMILES string of the molecule is CCC1=Cc2c(C(F)(F)F)nn(C(C)C)c2C1(F)F. The van der Waals surface area contributed by atoms with Gasteiger partial charge in [-0.2, -0.15) is 27.1 Å². The third-order valence-corrected chi connectivity index (χ3v) is 3.10. The zero-order valence-corrected chi connectivity index (χ0v) is 10.6. The van der Waals surface area contributed by atoms with E-state index >= 15 is 0 Å². The number of aromatic nitrogens is 2. The Bertz CT molecular complexity index is 537. The molecule has 0 unspecified atom stereocenters. The van der Waals surface area contributed by atoms with Gasteiger partial charge in [-0.25, -0.2) is 0 Å². The predicted octanol–water partition coefficient (Wildman–Crippen LogP) is 4.38. The van der Waals surface area contributed by atoms with Crippen LogP contribution < -0.4 is 0 Å². The van der Waals surface area contributed by atoms with Crippen LogP contribution in [0, 0.1) is 0 Å². The molecule has 19 heavy (non-hydrogen) atoms. The molecule has 0 saturated carbocycles. The number of allylic oxidation sites excluding steroid dienone is 1. The molecule has 0 saturated heterocycles. The molecule has 0 amide bonds. The van der Waals surface area contributed by atoms with Gasteiger partial charge in [0.1, 0.15) is 5.69 Å². The van der Waals surface area contributed by atoms with Crippen molar-refractivity contribution >= 4 is 6.08 Å². The summed E-state index contributed by atoms with van der Waals surface area (Å²) in [5.41, 5.74) is -2.69. The lowest BCUT2D eigenvalue weighted by Gasteiger charge is -2.18. The lowest BCUT2D eigenvalue weighted by Crippen LogP contribution is -2.20. The van der Waals surface area contributed by atoms with Crippen molar-refractivity contribution in [2.24, 2.45) is 0 Å². The minimum absolute atomic E-state index is 0.00290. The highest BCUT2D eigenvalue weighted by Gasteiger charge is 2.51. The molecule has 0 atom stereocenters. The van der Waals surface area contributed by atoms with Crippen LogP contribution in [0.5, 0.6) is 0 Å². The van der Waals surface area contributed by atoms with Crippen LogP contribution in [0.1, 0.15) is 50.2 Å². The molecule has 0 aromatic carbocycles. The van der Waals surface area contributed by atoms with E-state index in [9.17, 15) is 22.0 Å². The molecule has 1 aromatic rings. The first kappa shape index (κ1) is 14.0. The minimum Gasteiger partial charge on any atom is -0.259 e. The Balaban J connectivity index is 2.73. The Kier molecular flexibility index (Phi) is 2.98. The van der Waals surface area contributed by atoms with Crippen LogP contribution in [0.2, 0.25) is 0 Å². The first-order valence-electron chi connectivity index (χ1n) is 5.89. The maximum atomic E-state index is 14.1. The number of hydrogen-bond donors (Lipinski definition) is 0. The highest BCUT2D eigenvalue weighted by molar-refractivity contribution is 5.68. The molecule has 0 spiro atoms. The summed E-state index contributed by atoms with van der Waals surface area (Å²) in [5, 5.41) is 3.33. The van der Waals surface area contributed by atoms with Gasteiger partial charge in [-0.3, -0.25) is 4.68 Å². The maximum absolute atomic E-state index is 14.1. The highest BCUT2D eigenvalue weighted by Crippen LogP contribution is 2.49. The van der Waals surface area contributed by atoms with Crippen molar-refractivity contribution in [2.75, 3.05) is 0 Å². The lowest BCUT2D eigenvalue weighted by molar-refractivity contribution is -0.141. The largest absolute Gasteiger partial charge is 0.435 e. The van der Waals surface area contributed by atoms with E-state index in [1.807, 2.05) is 0 Å².